The van der Waals surface area contributed by atoms with Gasteiger partial charge in [-0.3, -0.25) is 4.99 Å². The number of rotatable bonds is 7. The second-order valence-corrected chi connectivity index (χ2v) is 7.13. The number of benzene rings is 1. The number of halogens is 3. The number of nitrogens with zero attached hydrogens (tertiary/aromatic N) is 3. The van der Waals surface area contributed by atoms with Crippen molar-refractivity contribution in [3.05, 3.63) is 51.8 Å². The van der Waals surface area contributed by atoms with Crippen molar-refractivity contribution in [2.24, 2.45) is 12.0 Å². The van der Waals surface area contributed by atoms with Gasteiger partial charge in [-0.2, -0.15) is 0 Å². The molecule has 0 saturated heterocycles. The predicted molar refractivity (Wildman–Crippen MR) is 128 cm³/mol. The molecule has 6 nitrogen and oxygen atoms in total. The molecule has 0 fully saturated rings. The van der Waals surface area contributed by atoms with Gasteiger partial charge in [-0.25, -0.2) is 0 Å². The number of guanidine groups is 1. The Kier molecular flexibility index (Phi) is 10.4. The molecule has 0 amide bonds. The quantitative estimate of drug-likeness (QED) is 0.318. The van der Waals surface area contributed by atoms with Crippen LogP contribution in [-0.2, 0) is 13.6 Å². The van der Waals surface area contributed by atoms with Crippen molar-refractivity contribution in [2.75, 3.05) is 34.8 Å². The summed E-state index contributed by atoms with van der Waals surface area (Å²) in [5.74, 6) is 1.57. The maximum Gasteiger partial charge on any atom is 0.191 e. The number of para-hydroxylation sites is 1. The minimum absolute atomic E-state index is 0. The molecule has 9 heteroatoms. The first-order valence-electron chi connectivity index (χ1n) is 8.62. The molecule has 2 N–H and O–H groups in total. The van der Waals surface area contributed by atoms with Gasteiger partial charge in [0.05, 0.1) is 24.7 Å². The van der Waals surface area contributed by atoms with E-state index in [1.807, 2.05) is 50.0 Å². The molecule has 0 aliphatic heterocycles. The number of ether oxygens (including phenoxy) is 1. The lowest BCUT2D eigenvalue weighted by molar-refractivity contribution is 0.287. The SMILES string of the molecule is CN=C(NCc1cc(Cl)c(Cl)n1C)NCC(c1ccccc1OC)N(C)C.I. The van der Waals surface area contributed by atoms with Crippen LogP contribution in [-0.4, -0.2) is 50.2 Å². The molecule has 2 rings (SSSR count). The zero-order valence-corrected chi connectivity index (χ0v) is 20.6. The van der Waals surface area contributed by atoms with Crippen LogP contribution < -0.4 is 15.4 Å². The summed E-state index contributed by atoms with van der Waals surface area (Å²) in [6, 6.07) is 10.0. The fourth-order valence-electron chi connectivity index (χ4n) is 2.86. The van der Waals surface area contributed by atoms with E-state index < -0.39 is 0 Å². The summed E-state index contributed by atoms with van der Waals surface area (Å²) in [6.07, 6.45) is 0. The zero-order valence-electron chi connectivity index (χ0n) is 16.8. The maximum absolute atomic E-state index is 6.12. The maximum atomic E-state index is 6.12. The molecule has 0 spiro atoms. The van der Waals surface area contributed by atoms with Crippen LogP contribution in [0.15, 0.2) is 35.3 Å². The Hall–Kier alpha value is -1.16. The fourth-order valence-corrected chi connectivity index (χ4v) is 3.28. The second kappa shape index (κ2) is 11.7. The number of aliphatic imine (C=N–C) groups is 1. The number of likely N-dealkylation sites (N-methyl/N-ethyl adjacent to an activating group) is 1. The van der Waals surface area contributed by atoms with Crippen LogP contribution in [0.1, 0.15) is 17.3 Å². The average molecular weight is 540 g/mol. The van der Waals surface area contributed by atoms with Gasteiger partial charge < -0.3 is 24.8 Å². The van der Waals surface area contributed by atoms with Gasteiger partial charge >= 0.3 is 0 Å². The van der Waals surface area contributed by atoms with Crippen LogP contribution in [0.4, 0.5) is 0 Å². The lowest BCUT2D eigenvalue weighted by atomic mass is 10.0. The normalized spacial score (nSPS) is 12.5. The first kappa shape index (κ1) is 24.9. The smallest absolute Gasteiger partial charge is 0.191 e. The summed E-state index contributed by atoms with van der Waals surface area (Å²) < 4.78 is 7.36. The lowest BCUT2D eigenvalue weighted by Crippen LogP contribution is -2.41. The van der Waals surface area contributed by atoms with E-state index in [0.29, 0.717) is 29.2 Å². The van der Waals surface area contributed by atoms with Gasteiger partial charge in [0.25, 0.3) is 0 Å². The summed E-state index contributed by atoms with van der Waals surface area (Å²) in [4.78, 5) is 6.45. The number of aromatic nitrogens is 1. The lowest BCUT2D eigenvalue weighted by Gasteiger charge is -2.27. The van der Waals surface area contributed by atoms with E-state index in [1.165, 1.54) is 0 Å². The molecule has 156 valence electrons. The van der Waals surface area contributed by atoms with E-state index in [0.717, 1.165) is 17.0 Å². The molecular formula is C19H28Cl2IN5O. The number of nitrogens with one attached hydrogen (secondary N) is 2. The second-order valence-electron chi connectivity index (χ2n) is 6.36. The number of methoxy groups -OCH3 is 1. The minimum atomic E-state index is 0. The molecule has 1 heterocycles. The topological polar surface area (TPSA) is 53.8 Å². The molecule has 2 aromatic rings. The van der Waals surface area contributed by atoms with E-state index in [-0.39, 0.29) is 30.0 Å². The molecule has 0 aliphatic carbocycles. The van der Waals surface area contributed by atoms with Gasteiger partial charge in [-0.15, -0.1) is 24.0 Å². The molecule has 0 bridgehead atoms. The molecule has 0 aliphatic rings. The van der Waals surface area contributed by atoms with Crippen molar-refractivity contribution >= 4 is 53.1 Å². The third-order valence-corrected chi connectivity index (χ3v) is 5.30. The molecule has 28 heavy (non-hydrogen) atoms. The third kappa shape index (κ3) is 6.17. The molecule has 0 saturated carbocycles. The molecule has 1 atom stereocenters. The van der Waals surface area contributed by atoms with Crippen LogP contribution in [0.2, 0.25) is 10.2 Å². The highest BCUT2D eigenvalue weighted by molar-refractivity contribution is 14.0. The highest BCUT2D eigenvalue weighted by Crippen LogP contribution is 2.27. The molecule has 1 aromatic heterocycles. The van der Waals surface area contributed by atoms with Gasteiger partial charge in [-0.1, -0.05) is 41.4 Å². The largest absolute Gasteiger partial charge is 0.496 e. The van der Waals surface area contributed by atoms with Gasteiger partial charge in [0.15, 0.2) is 5.96 Å². The van der Waals surface area contributed by atoms with E-state index in [9.17, 15) is 0 Å². The molecule has 1 aromatic carbocycles. The standard InChI is InChI=1S/C19H27Cl2N5O.HI/c1-22-19(23-11-13-10-15(20)18(21)26(13)4)24-12-16(25(2)3)14-8-6-7-9-17(14)27-5;/h6-10,16H,11-12H2,1-5H3,(H2,22,23,24);1H. The highest BCUT2D eigenvalue weighted by atomic mass is 127. The van der Waals surface area contributed by atoms with Crippen molar-refractivity contribution in [1.82, 2.24) is 20.1 Å². The Labute approximate surface area is 194 Å². The van der Waals surface area contributed by atoms with E-state index in [4.69, 9.17) is 27.9 Å². The monoisotopic (exact) mass is 539 g/mol. The van der Waals surface area contributed by atoms with Crippen LogP contribution in [0.3, 0.4) is 0 Å². The van der Waals surface area contributed by atoms with Crippen molar-refractivity contribution in [2.45, 2.75) is 12.6 Å². The Morgan fingerprint density at radius 1 is 1.25 bits per heavy atom. The summed E-state index contributed by atoms with van der Waals surface area (Å²) >= 11 is 12.2. The van der Waals surface area contributed by atoms with Crippen molar-refractivity contribution in [3.63, 3.8) is 0 Å². The van der Waals surface area contributed by atoms with E-state index in [1.54, 1.807) is 14.2 Å². The van der Waals surface area contributed by atoms with E-state index in [2.05, 4.69) is 26.6 Å². The summed E-state index contributed by atoms with van der Waals surface area (Å²) in [5.41, 5.74) is 2.09. The molecule has 0 radical (unpaired) electrons. The first-order chi connectivity index (χ1) is 12.9. The van der Waals surface area contributed by atoms with Crippen LogP contribution in [0, 0.1) is 0 Å². The van der Waals surface area contributed by atoms with Gasteiger partial charge in [0, 0.05) is 31.9 Å². The summed E-state index contributed by atoms with van der Waals surface area (Å²) in [7, 11) is 9.40. The van der Waals surface area contributed by atoms with Gasteiger partial charge in [0.1, 0.15) is 10.9 Å². The Morgan fingerprint density at radius 2 is 1.93 bits per heavy atom. The van der Waals surface area contributed by atoms with Crippen molar-refractivity contribution in [3.8, 4) is 5.75 Å². The fraction of sp³-hybridized carbons (Fsp3) is 0.421. The Bertz CT molecular complexity index is 795. The highest BCUT2D eigenvalue weighted by Gasteiger charge is 2.18. The average Bonchev–Trinajstić information content (AvgIpc) is 2.91. The molecular weight excluding hydrogens is 512 g/mol. The predicted octanol–water partition coefficient (Wildman–Crippen LogP) is 3.93. The Morgan fingerprint density at radius 3 is 2.46 bits per heavy atom. The van der Waals surface area contributed by atoms with Crippen LogP contribution in [0.5, 0.6) is 5.75 Å². The summed E-state index contributed by atoms with van der Waals surface area (Å²) in [6.45, 7) is 1.23. The number of hydrogen-bond acceptors (Lipinski definition) is 3. The molecule has 1 unspecified atom stereocenters. The minimum Gasteiger partial charge on any atom is -0.496 e. The number of hydrogen-bond donors (Lipinski definition) is 2. The van der Waals surface area contributed by atoms with Crippen LogP contribution in [0.25, 0.3) is 0 Å². The Balaban J connectivity index is 0.00000392. The first-order valence-corrected chi connectivity index (χ1v) is 9.38. The third-order valence-electron chi connectivity index (χ3n) is 4.46. The van der Waals surface area contributed by atoms with Crippen molar-refractivity contribution in [1.29, 1.82) is 0 Å². The van der Waals surface area contributed by atoms with Crippen LogP contribution >= 0.6 is 47.2 Å². The van der Waals surface area contributed by atoms with E-state index >= 15 is 0 Å². The van der Waals surface area contributed by atoms with Gasteiger partial charge in [0.2, 0.25) is 0 Å². The summed E-state index contributed by atoms with van der Waals surface area (Å²) in [5, 5.41) is 7.74. The zero-order chi connectivity index (χ0) is 20.0. The van der Waals surface area contributed by atoms with Crippen molar-refractivity contribution < 1.29 is 4.74 Å². The van der Waals surface area contributed by atoms with Gasteiger partial charge in [-0.05, 0) is 26.2 Å².